The molecule has 0 fully saturated rings. The number of carbonyl (C=O) groups is 2. The summed E-state index contributed by atoms with van der Waals surface area (Å²) in [6, 6.07) is 11.6. The van der Waals surface area contributed by atoms with Gasteiger partial charge in [0.15, 0.2) is 0 Å². The summed E-state index contributed by atoms with van der Waals surface area (Å²) in [6.07, 6.45) is 1.04. The Balaban J connectivity index is 1.97. The van der Waals surface area contributed by atoms with Crippen molar-refractivity contribution in [2.45, 2.75) is 0 Å². The topological polar surface area (TPSA) is 130 Å². The van der Waals surface area contributed by atoms with Crippen LogP contribution in [0.2, 0.25) is 0 Å². The first-order valence-corrected chi connectivity index (χ1v) is 8.68. The lowest BCUT2D eigenvalue weighted by molar-refractivity contribution is 0.0968. The number of nitrogen functional groups attached to an aromatic ring is 1. The number of anilines is 3. The lowest BCUT2D eigenvalue weighted by atomic mass is 10.2. The van der Waals surface area contributed by atoms with Gasteiger partial charge in [0.1, 0.15) is 0 Å². The van der Waals surface area contributed by atoms with Crippen molar-refractivity contribution in [2.75, 3.05) is 22.0 Å². The van der Waals surface area contributed by atoms with E-state index in [1.807, 2.05) is 0 Å². The van der Waals surface area contributed by atoms with Gasteiger partial charge in [-0.25, -0.2) is 13.2 Å². The first-order chi connectivity index (χ1) is 11.2. The molecule has 0 spiro atoms. The summed E-state index contributed by atoms with van der Waals surface area (Å²) in [5.74, 6) is -0.624. The van der Waals surface area contributed by atoms with Gasteiger partial charge in [0.25, 0.3) is 5.91 Å². The van der Waals surface area contributed by atoms with Crippen LogP contribution in [0.5, 0.6) is 0 Å². The van der Waals surface area contributed by atoms with Gasteiger partial charge in [0.2, 0.25) is 10.0 Å². The van der Waals surface area contributed by atoms with Gasteiger partial charge in [-0.05, 0) is 36.4 Å². The second kappa shape index (κ2) is 7.01. The number of carbonyl (C=O) groups excluding carboxylic acids is 2. The summed E-state index contributed by atoms with van der Waals surface area (Å²) in [5.41, 5.74) is 6.87. The second-order valence-electron chi connectivity index (χ2n) is 4.95. The predicted octanol–water partition coefficient (Wildman–Crippen LogP) is 1.60. The molecule has 24 heavy (non-hydrogen) atoms. The molecule has 9 heteroatoms. The smallest absolute Gasteiger partial charge is 0.326 e. The fraction of sp³-hybridized carbons (Fsp3) is 0.0667. The van der Waals surface area contributed by atoms with Crippen LogP contribution < -0.4 is 21.1 Å². The summed E-state index contributed by atoms with van der Waals surface area (Å²) >= 11 is 0. The first-order valence-electron chi connectivity index (χ1n) is 6.79. The number of sulfonamides is 1. The van der Waals surface area contributed by atoms with E-state index in [4.69, 9.17) is 5.73 Å². The summed E-state index contributed by atoms with van der Waals surface area (Å²) in [4.78, 5) is 23.8. The number of amides is 3. The van der Waals surface area contributed by atoms with Crippen LogP contribution >= 0.6 is 0 Å². The quantitative estimate of drug-likeness (QED) is 0.624. The molecule has 0 aliphatic heterocycles. The summed E-state index contributed by atoms with van der Waals surface area (Å²) < 4.78 is 24.5. The molecule has 0 aromatic heterocycles. The Hall–Kier alpha value is -3.07. The molecule has 0 aliphatic carbocycles. The van der Waals surface area contributed by atoms with E-state index >= 15 is 0 Å². The van der Waals surface area contributed by atoms with Crippen LogP contribution in [0.3, 0.4) is 0 Å². The lowest BCUT2D eigenvalue weighted by Gasteiger charge is -2.09. The Morgan fingerprint density at radius 2 is 1.54 bits per heavy atom. The SMILES string of the molecule is CS(=O)(=O)Nc1ccc(NC(=O)NC(=O)c2ccccc2N)cc1. The van der Waals surface area contributed by atoms with Gasteiger partial charge in [0, 0.05) is 17.1 Å². The summed E-state index contributed by atoms with van der Waals surface area (Å²) in [7, 11) is -3.37. The molecular formula is C15H16N4O4S. The summed E-state index contributed by atoms with van der Waals surface area (Å²) in [5, 5.41) is 4.62. The minimum absolute atomic E-state index is 0.195. The monoisotopic (exact) mass is 348 g/mol. The van der Waals surface area contributed by atoms with Crippen molar-refractivity contribution in [3.63, 3.8) is 0 Å². The van der Waals surface area contributed by atoms with E-state index < -0.39 is 22.0 Å². The molecule has 2 aromatic carbocycles. The maximum Gasteiger partial charge on any atom is 0.326 e. The van der Waals surface area contributed by atoms with Gasteiger partial charge in [-0.2, -0.15) is 0 Å². The largest absolute Gasteiger partial charge is 0.398 e. The van der Waals surface area contributed by atoms with Crippen LogP contribution in [0.15, 0.2) is 48.5 Å². The van der Waals surface area contributed by atoms with E-state index in [0.29, 0.717) is 11.4 Å². The van der Waals surface area contributed by atoms with Crippen LogP contribution in [-0.2, 0) is 10.0 Å². The third-order valence-electron chi connectivity index (χ3n) is 2.88. The van der Waals surface area contributed by atoms with E-state index in [9.17, 15) is 18.0 Å². The number of urea groups is 1. The van der Waals surface area contributed by atoms with Crippen molar-refractivity contribution in [3.8, 4) is 0 Å². The third kappa shape index (κ3) is 4.99. The van der Waals surface area contributed by atoms with Gasteiger partial charge in [-0.3, -0.25) is 14.8 Å². The number of imide groups is 1. The molecule has 0 radical (unpaired) electrons. The normalized spacial score (nSPS) is 10.7. The van der Waals surface area contributed by atoms with Crippen LogP contribution in [0.1, 0.15) is 10.4 Å². The fourth-order valence-electron chi connectivity index (χ4n) is 1.87. The van der Waals surface area contributed by atoms with Gasteiger partial charge < -0.3 is 11.1 Å². The van der Waals surface area contributed by atoms with Crippen LogP contribution in [-0.4, -0.2) is 26.6 Å². The average Bonchev–Trinajstić information content (AvgIpc) is 2.48. The van der Waals surface area contributed by atoms with E-state index in [0.717, 1.165) is 6.26 Å². The Kier molecular flexibility index (Phi) is 5.05. The van der Waals surface area contributed by atoms with Gasteiger partial charge >= 0.3 is 6.03 Å². The molecule has 2 rings (SSSR count). The zero-order valence-electron chi connectivity index (χ0n) is 12.7. The molecule has 0 bridgehead atoms. The average molecular weight is 348 g/mol. The molecule has 5 N–H and O–H groups in total. The van der Waals surface area contributed by atoms with Gasteiger partial charge in [-0.1, -0.05) is 12.1 Å². The first kappa shape index (κ1) is 17.3. The van der Waals surface area contributed by atoms with Gasteiger partial charge in [0.05, 0.1) is 11.8 Å². The Bertz CT molecular complexity index is 863. The molecule has 3 amide bonds. The van der Waals surface area contributed by atoms with Crippen LogP contribution in [0.4, 0.5) is 21.9 Å². The van der Waals surface area contributed by atoms with Crippen molar-refractivity contribution in [1.82, 2.24) is 5.32 Å². The highest BCUT2D eigenvalue weighted by Gasteiger charge is 2.12. The highest BCUT2D eigenvalue weighted by atomic mass is 32.2. The molecule has 2 aromatic rings. The van der Waals surface area contributed by atoms with Crippen molar-refractivity contribution in [3.05, 3.63) is 54.1 Å². The molecule has 0 saturated heterocycles. The number of para-hydroxylation sites is 1. The molecule has 0 aliphatic rings. The maximum absolute atomic E-state index is 11.9. The molecule has 0 unspecified atom stereocenters. The molecule has 126 valence electrons. The van der Waals surface area contributed by atoms with E-state index in [1.54, 1.807) is 18.2 Å². The zero-order chi connectivity index (χ0) is 17.7. The molecular weight excluding hydrogens is 332 g/mol. The van der Waals surface area contributed by atoms with Gasteiger partial charge in [-0.15, -0.1) is 0 Å². The number of benzene rings is 2. The van der Waals surface area contributed by atoms with Crippen LogP contribution in [0, 0.1) is 0 Å². The highest BCUT2D eigenvalue weighted by Crippen LogP contribution is 2.14. The lowest BCUT2D eigenvalue weighted by Crippen LogP contribution is -2.34. The predicted molar refractivity (Wildman–Crippen MR) is 92.2 cm³/mol. The standard InChI is InChI=1S/C15H16N4O4S/c1-24(22,23)19-11-8-6-10(7-9-11)17-15(21)18-14(20)12-4-2-3-5-13(12)16/h2-9,19H,16H2,1H3,(H2,17,18,20,21). The second-order valence-corrected chi connectivity index (χ2v) is 6.70. The van der Waals surface area contributed by atoms with Crippen LogP contribution in [0.25, 0.3) is 0 Å². The van der Waals surface area contributed by atoms with Crippen molar-refractivity contribution in [1.29, 1.82) is 0 Å². The number of nitrogens with one attached hydrogen (secondary N) is 3. The van der Waals surface area contributed by atoms with Crippen molar-refractivity contribution >= 4 is 39.0 Å². The Morgan fingerprint density at radius 1 is 0.958 bits per heavy atom. The molecule has 0 heterocycles. The highest BCUT2D eigenvalue weighted by molar-refractivity contribution is 7.92. The molecule has 0 atom stereocenters. The minimum Gasteiger partial charge on any atom is -0.398 e. The van der Waals surface area contributed by atoms with E-state index in [-0.39, 0.29) is 11.3 Å². The number of rotatable bonds is 4. The number of hydrogen-bond donors (Lipinski definition) is 4. The fourth-order valence-corrected chi connectivity index (χ4v) is 2.44. The van der Waals surface area contributed by atoms with Crippen molar-refractivity contribution in [2.24, 2.45) is 0 Å². The third-order valence-corrected chi connectivity index (χ3v) is 3.48. The summed E-state index contributed by atoms with van der Waals surface area (Å²) in [6.45, 7) is 0. The molecule has 8 nitrogen and oxygen atoms in total. The Labute approximate surface area is 139 Å². The van der Waals surface area contributed by atoms with Crippen molar-refractivity contribution < 1.29 is 18.0 Å². The minimum atomic E-state index is -3.37. The maximum atomic E-state index is 11.9. The number of nitrogens with two attached hydrogens (primary N) is 1. The Morgan fingerprint density at radius 3 is 2.12 bits per heavy atom. The zero-order valence-corrected chi connectivity index (χ0v) is 13.6. The van der Waals surface area contributed by atoms with E-state index in [1.165, 1.54) is 30.3 Å². The molecule has 0 saturated carbocycles. The number of hydrogen-bond acceptors (Lipinski definition) is 5. The van der Waals surface area contributed by atoms with E-state index in [2.05, 4.69) is 15.4 Å².